The molecule has 0 aliphatic carbocycles. The molecule has 2 aromatic carbocycles. The lowest BCUT2D eigenvalue weighted by molar-refractivity contribution is -0.118. The lowest BCUT2D eigenvalue weighted by Gasteiger charge is -2.18. The van der Waals surface area contributed by atoms with E-state index in [4.69, 9.17) is 0 Å². The fraction of sp³-hybridized carbons (Fsp3) is 0.391. The highest BCUT2D eigenvalue weighted by Crippen LogP contribution is 2.21. The second kappa shape index (κ2) is 9.56. The molecule has 0 aromatic heterocycles. The zero-order valence-electron chi connectivity index (χ0n) is 17.4. The monoisotopic (exact) mass is 394 g/mol. The average molecular weight is 395 g/mol. The van der Waals surface area contributed by atoms with Crippen LogP contribution in [0.25, 0.3) is 0 Å². The quantitative estimate of drug-likeness (QED) is 0.694. The largest absolute Gasteiger partial charge is 0.334 e. The number of urea groups is 1. The maximum absolute atomic E-state index is 12.5. The van der Waals surface area contributed by atoms with Crippen molar-refractivity contribution in [3.8, 4) is 0 Å². The van der Waals surface area contributed by atoms with Gasteiger partial charge in [-0.1, -0.05) is 50.2 Å². The summed E-state index contributed by atoms with van der Waals surface area (Å²) in [5.41, 5.74) is 3.61. The average Bonchev–Trinajstić information content (AvgIpc) is 3.11. The molecule has 0 bridgehead atoms. The number of anilines is 2. The molecule has 0 radical (unpaired) electrons. The van der Waals surface area contributed by atoms with Crippen LogP contribution >= 0.6 is 0 Å². The van der Waals surface area contributed by atoms with Crippen molar-refractivity contribution >= 4 is 23.3 Å². The molecule has 0 unspecified atom stereocenters. The number of carbonyl (C=O) groups excluding carboxylic acids is 2. The van der Waals surface area contributed by atoms with E-state index in [0.29, 0.717) is 11.4 Å². The van der Waals surface area contributed by atoms with Crippen molar-refractivity contribution in [1.82, 2.24) is 10.2 Å². The van der Waals surface area contributed by atoms with Gasteiger partial charge in [-0.3, -0.25) is 9.69 Å². The third-order valence-corrected chi connectivity index (χ3v) is 5.13. The Hall–Kier alpha value is -2.86. The van der Waals surface area contributed by atoms with Gasteiger partial charge in [-0.05, 0) is 36.6 Å². The fourth-order valence-electron chi connectivity index (χ4n) is 3.40. The minimum Gasteiger partial charge on any atom is -0.334 e. The zero-order valence-corrected chi connectivity index (χ0v) is 17.4. The molecule has 0 spiro atoms. The van der Waals surface area contributed by atoms with E-state index in [9.17, 15) is 9.59 Å². The highest BCUT2D eigenvalue weighted by Gasteiger charge is 2.24. The smallest absolute Gasteiger partial charge is 0.319 e. The molecule has 0 saturated carbocycles. The summed E-state index contributed by atoms with van der Waals surface area (Å²) in [4.78, 5) is 26.8. The summed E-state index contributed by atoms with van der Waals surface area (Å²) in [6.45, 7) is 8.33. The number of hydrogen-bond donors (Lipinski definition) is 3. The number of nitrogens with one attached hydrogen (secondary N) is 3. The molecule has 6 heteroatoms. The van der Waals surface area contributed by atoms with Gasteiger partial charge in [0.2, 0.25) is 5.91 Å². The lowest BCUT2D eigenvalue weighted by atomic mass is 10.1. The van der Waals surface area contributed by atoms with Crippen LogP contribution in [-0.4, -0.2) is 36.0 Å². The molecule has 1 aliphatic rings. The van der Waals surface area contributed by atoms with Gasteiger partial charge in [-0.15, -0.1) is 0 Å². The molecular weight excluding hydrogens is 364 g/mol. The van der Waals surface area contributed by atoms with E-state index in [2.05, 4.69) is 45.1 Å². The van der Waals surface area contributed by atoms with Crippen molar-refractivity contribution in [2.24, 2.45) is 5.92 Å². The van der Waals surface area contributed by atoms with Crippen LogP contribution in [0.15, 0.2) is 48.5 Å². The van der Waals surface area contributed by atoms with Gasteiger partial charge in [-0.25, -0.2) is 4.79 Å². The number of hydrogen-bond acceptors (Lipinski definition) is 3. The van der Waals surface area contributed by atoms with Crippen molar-refractivity contribution in [3.63, 3.8) is 0 Å². The summed E-state index contributed by atoms with van der Waals surface area (Å²) in [5.74, 6) is -0.147. The Labute approximate surface area is 172 Å². The Kier molecular flexibility index (Phi) is 6.88. The SMILES string of the molecule is Cc1ccc(NC(=O)C(C)C)cc1NC(=O)N[C@H]1CCN(Cc2ccccc2)C1. The van der Waals surface area contributed by atoms with E-state index in [0.717, 1.165) is 31.6 Å². The fourth-order valence-corrected chi connectivity index (χ4v) is 3.40. The molecule has 1 fully saturated rings. The van der Waals surface area contributed by atoms with Gasteiger partial charge < -0.3 is 16.0 Å². The molecule has 1 atom stereocenters. The molecule has 154 valence electrons. The van der Waals surface area contributed by atoms with Crippen molar-refractivity contribution in [2.75, 3.05) is 23.7 Å². The summed E-state index contributed by atoms with van der Waals surface area (Å²) < 4.78 is 0. The molecule has 6 nitrogen and oxygen atoms in total. The van der Waals surface area contributed by atoms with Crippen LogP contribution in [0.2, 0.25) is 0 Å². The van der Waals surface area contributed by atoms with Gasteiger partial charge in [0, 0.05) is 43.0 Å². The standard InChI is InChI=1S/C23H30N4O2/c1-16(2)22(28)24-19-10-9-17(3)21(13-19)26-23(29)25-20-11-12-27(15-20)14-18-7-5-4-6-8-18/h4-10,13,16,20H,11-12,14-15H2,1-3H3,(H,24,28)(H2,25,26,29)/t20-/m0/s1. The van der Waals surface area contributed by atoms with Crippen LogP contribution in [0.3, 0.4) is 0 Å². The maximum atomic E-state index is 12.5. The minimum atomic E-state index is -0.216. The van der Waals surface area contributed by atoms with Gasteiger partial charge in [0.25, 0.3) is 0 Å². The summed E-state index contributed by atoms with van der Waals surface area (Å²) in [6.07, 6.45) is 0.934. The van der Waals surface area contributed by atoms with Crippen LogP contribution in [0.4, 0.5) is 16.2 Å². The van der Waals surface area contributed by atoms with Crippen LogP contribution in [-0.2, 0) is 11.3 Å². The van der Waals surface area contributed by atoms with E-state index in [-0.39, 0.29) is 23.9 Å². The normalized spacial score (nSPS) is 16.6. The Morgan fingerprint density at radius 3 is 2.59 bits per heavy atom. The Bertz CT molecular complexity index is 851. The summed E-state index contributed by atoms with van der Waals surface area (Å²) >= 11 is 0. The van der Waals surface area contributed by atoms with Crippen LogP contribution in [0.5, 0.6) is 0 Å². The van der Waals surface area contributed by atoms with Gasteiger partial charge in [0.05, 0.1) is 0 Å². The molecule has 1 aliphatic heterocycles. The molecule has 3 amide bonds. The topological polar surface area (TPSA) is 73.5 Å². The second-order valence-corrected chi connectivity index (χ2v) is 7.98. The van der Waals surface area contributed by atoms with E-state index >= 15 is 0 Å². The lowest BCUT2D eigenvalue weighted by Crippen LogP contribution is -2.39. The third kappa shape index (κ3) is 6.06. The van der Waals surface area contributed by atoms with E-state index in [1.54, 1.807) is 6.07 Å². The predicted octanol–water partition coefficient (Wildman–Crippen LogP) is 3.99. The van der Waals surface area contributed by atoms with Gasteiger partial charge in [0.15, 0.2) is 0 Å². The molecule has 1 saturated heterocycles. The van der Waals surface area contributed by atoms with Crippen molar-refractivity contribution in [1.29, 1.82) is 0 Å². The number of nitrogens with zero attached hydrogens (tertiary/aromatic N) is 1. The number of aryl methyl sites for hydroxylation is 1. The van der Waals surface area contributed by atoms with Crippen LogP contribution < -0.4 is 16.0 Å². The second-order valence-electron chi connectivity index (χ2n) is 7.98. The molecule has 2 aromatic rings. The molecule has 3 rings (SSSR count). The first-order valence-corrected chi connectivity index (χ1v) is 10.2. The van der Waals surface area contributed by atoms with Crippen molar-refractivity contribution in [3.05, 3.63) is 59.7 Å². The molecule has 3 N–H and O–H groups in total. The molecule has 29 heavy (non-hydrogen) atoms. The highest BCUT2D eigenvalue weighted by molar-refractivity contribution is 5.94. The minimum absolute atomic E-state index is 0.0475. The number of benzene rings is 2. The highest BCUT2D eigenvalue weighted by atomic mass is 16.2. The van der Waals surface area contributed by atoms with Crippen molar-refractivity contribution < 1.29 is 9.59 Å². The summed E-state index contributed by atoms with van der Waals surface area (Å²) in [6, 6.07) is 15.8. The molecule has 1 heterocycles. The van der Waals surface area contributed by atoms with Gasteiger partial charge in [0.1, 0.15) is 0 Å². The zero-order chi connectivity index (χ0) is 20.8. The van der Waals surface area contributed by atoms with Crippen LogP contribution in [0, 0.1) is 12.8 Å². The number of amides is 3. The number of rotatable bonds is 6. The van der Waals surface area contributed by atoms with E-state index < -0.39 is 0 Å². The first-order valence-electron chi connectivity index (χ1n) is 10.2. The number of likely N-dealkylation sites (tertiary alicyclic amines) is 1. The van der Waals surface area contributed by atoms with Gasteiger partial charge >= 0.3 is 6.03 Å². The first kappa shape index (κ1) is 20.9. The van der Waals surface area contributed by atoms with Crippen LogP contribution in [0.1, 0.15) is 31.4 Å². The third-order valence-electron chi connectivity index (χ3n) is 5.13. The van der Waals surface area contributed by atoms with E-state index in [1.807, 2.05) is 39.0 Å². The Morgan fingerprint density at radius 2 is 1.86 bits per heavy atom. The van der Waals surface area contributed by atoms with Gasteiger partial charge in [-0.2, -0.15) is 0 Å². The maximum Gasteiger partial charge on any atom is 0.319 e. The Balaban J connectivity index is 1.52. The van der Waals surface area contributed by atoms with Crippen molar-refractivity contribution in [2.45, 2.75) is 39.8 Å². The molecular formula is C23H30N4O2. The van der Waals surface area contributed by atoms with E-state index in [1.165, 1.54) is 5.56 Å². The summed E-state index contributed by atoms with van der Waals surface area (Å²) in [7, 11) is 0. The number of carbonyl (C=O) groups is 2. The predicted molar refractivity (Wildman–Crippen MR) is 117 cm³/mol. The Morgan fingerprint density at radius 1 is 1.10 bits per heavy atom. The first-order chi connectivity index (χ1) is 13.9. The summed E-state index contributed by atoms with van der Waals surface area (Å²) in [5, 5.41) is 8.86.